The minimum Gasteiger partial charge on any atom is -0.462 e. The molecule has 116 valence electrons. The molecule has 0 aliphatic carbocycles. The molecule has 5 nitrogen and oxygen atoms in total. The molecule has 0 aromatic carbocycles. The van der Waals surface area contributed by atoms with Crippen LogP contribution in [0.3, 0.4) is 0 Å². The fraction of sp³-hybridized carbons (Fsp3) is 0.643. The maximum atomic E-state index is 13.1. The minimum atomic E-state index is -2.84. The highest BCUT2D eigenvalue weighted by Crippen LogP contribution is 2.24. The molecule has 0 saturated carbocycles. The second kappa shape index (κ2) is 7.28. The summed E-state index contributed by atoms with van der Waals surface area (Å²) in [7, 11) is 0. The van der Waals surface area contributed by atoms with E-state index in [0.29, 0.717) is 0 Å². The van der Waals surface area contributed by atoms with Crippen molar-refractivity contribution >= 4 is 11.9 Å². The molecule has 1 saturated heterocycles. The third kappa shape index (κ3) is 3.86. The number of ether oxygens (including phenoxy) is 1. The zero-order valence-corrected chi connectivity index (χ0v) is 12.0. The van der Waals surface area contributed by atoms with Gasteiger partial charge in [-0.3, -0.25) is 0 Å². The van der Waals surface area contributed by atoms with Crippen molar-refractivity contribution in [3.05, 3.63) is 17.5 Å². The van der Waals surface area contributed by atoms with E-state index < -0.39 is 18.1 Å². The van der Waals surface area contributed by atoms with Gasteiger partial charge >= 0.3 is 5.97 Å². The number of aromatic nitrogens is 2. The Morgan fingerprint density at radius 2 is 2.00 bits per heavy atom. The summed E-state index contributed by atoms with van der Waals surface area (Å²) in [5.74, 6) is -0.546. The summed E-state index contributed by atoms with van der Waals surface area (Å²) < 4.78 is 31.0. The van der Waals surface area contributed by atoms with Gasteiger partial charge in [-0.05, 0) is 19.8 Å². The summed E-state index contributed by atoms with van der Waals surface area (Å²) in [6, 6.07) is 0. The summed E-state index contributed by atoms with van der Waals surface area (Å²) in [4.78, 5) is 21.5. The van der Waals surface area contributed by atoms with Crippen LogP contribution >= 0.6 is 0 Å². The third-order valence-electron chi connectivity index (χ3n) is 3.40. The molecular formula is C14H19F2N3O2. The number of hydrogen-bond donors (Lipinski definition) is 0. The third-order valence-corrected chi connectivity index (χ3v) is 3.40. The zero-order valence-electron chi connectivity index (χ0n) is 12.0. The number of alkyl halides is 2. The van der Waals surface area contributed by atoms with E-state index in [-0.39, 0.29) is 18.1 Å². The lowest BCUT2D eigenvalue weighted by atomic mass is 10.2. The molecule has 1 aromatic heterocycles. The number of rotatable bonds is 4. The monoisotopic (exact) mass is 299 g/mol. The standard InChI is InChI=1S/C14H19F2N3O2/c1-2-21-13(20)10-9-17-14(18-11(10)12(15)16)19-7-5-3-4-6-8-19/h9,12H,2-8H2,1H3. The number of hydrogen-bond acceptors (Lipinski definition) is 5. The quantitative estimate of drug-likeness (QED) is 0.800. The molecule has 0 atom stereocenters. The van der Waals surface area contributed by atoms with Crippen LogP contribution in [-0.4, -0.2) is 35.6 Å². The molecule has 0 bridgehead atoms. The van der Waals surface area contributed by atoms with E-state index in [2.05, 4.69) is 9.97 Å². The molecule has 2 rings (SSSR count). The number of nitrogens with zero attached hydrogens (tertiary/aromatic N) is 3. The van der Waals surface area contributed by atoms with Crippen molar-refractivity contribution in [2.24, 2.45) is 0 Å². The SMILES string of the molecule is CCOC(=O)c1cnc(N2CCCCCC2)nc1C(F)F. The maximum absolute atomic E-state index is 13.1. The first-order chi connectivity index (χ1) is 10.1. The van der Waals surface area contributed by atoms with Crippen molar-refractivity contribution in [1.29, 1.82) is 0 Å². The number of carbonyl (C=O) groups is 1. The zero-order chi connectivity index (χ0) is 15.2. The summed E-state index contributed by atoms with van der Waals surface area (Å²) in [5, 5.41) is 0. The highest BCUT2D eigenvalue weighted by Gasteiger charge is 2.24. The van der Waals surface area contributed by atoms with Crippen LogP contribution in [0.25, 0.3) is 0 Å². The predicted octanol–water partition coefficient (Wildman–Crippen LogP) is 2.97. The first-order valence-electron chi connectivity index (χ1n) is 7.20. The van der Waals surface area contributed by atoms with Crippen molar-refractivity contribution < 1.29 is 18.3 Å². The minimum absolute atomic E-state index is 0.120. The summed E-state index contributed by atoms with van der Waals surface area (Å²) in [5.41, 5.74) is -0.812. The highest BCUT2D eigenvalue weighted by atomic mass is 19.3. The lowest BCUT2D eigenvalue weighted by molar-refractivity contribution is 0.0513. The smallest absolute Gasteiger partial charge is 0.341 e. The summed E-state index contributed by atoms with van der Waals surface area (Å²) >= 11 is 0. The van der Waals surface area contributed by atoms with Crippen LogP contribution in [0.4, 0.5) is 14.7 Å². The van der Waals surface area contributed by atoms with Gasteiger partial charge in [0.2, 0.25) is 5.95 Å². The van der Waals surface area contributed by atoms with Crippen LogP contribution in [0.1, 0.15) is 55.1 Å². The van der Waals surface area contributed by atoms with Gasteiger partial charge in [0.25, 0.3) is 6.43 Å². The lowest BCUT2D eigenvalue weighted by Crippen LogP contribution is -2.27. The van der Waals surface area contributed by atoms with Gasteiger partial charge in [0, 0.05) is 19.3 Å². The lowest BCUT2D eigenvalue weighted by Gasteiger charge is -2.21. The van der Waals surface area contributed by atoms with Crippen LogP contribution in [0.2, 0.25) is 0 Å². The Hall–Kier alpha value is -1.79. The molecule has 0 N–H and O–H groups in total. The molecule has 0 radical (unpaired) electrons. The molecule has 0 unspecified atom stereocenters. The molecule has 0 spiro atoms. The maximum Gasteiger partial charge on any atom is 0.341 e. The summed E-state index contributed by atoms with van der Waals surface area (Å²) in [6.07, 6.45) is 2.54. The van der Waals surface area contributed by atoms with E-state index in [9.17, 15) is 13.6 Å². The van der Waals surface area contributed by atoms with E-state index in [1.807, 2.05) is 4.90 Å². The molecule has 0 amide bonds. The Balaban J connectivity index is 2.28. The fourth-order valence-corrected chi connectivity index (χ4v) is 2.34. The van der Waals surface area contributed by atoms with Gasteiger partial charge < -0.3 is 9.64 Å². The van der Waals surface area contributed by atoms with Crippen LogP contribution < -0.4 is 4.90 Å². The van der Waals surface area contributed by atoms with Crippen molar-refractivity contribution in [2.45, 2.75) is 39.0 Å². The van der Waals surface area contributed by atoms with Gasteiger partial charge in [-0.15, -0.1) is 0 Å². The van der Waals surface area contributed by atoms with Gasteiger partial charge in [0.05, 0.1) is 6.61 Å². The molecule has 21 heavy (non-hydrogen) atoms. The van der Waals surface area contributed by atoms with Gasteiger partial charge in [0.1, 0.15) is 11.3 Å². The van der Waals surface area contributed by atoms with Gasteiger partial charge in [0.15, 0.2) is 0 Å². The molecule has 7 heteroatoms. The van der Waals surface area contributed by atoms with Crippen LogP contribution in [0.5, 0.6) is 0 Å². The van der Waals surface area contributed by atoms with Crippen molar-refractivity contribution in [3.8, 4) is 0 Å². The average molecular weight is 299 g/mol. The largest absolute Gasteiger partial charge is 0.462 e. The number of esters is 1. The Bertz CT molecular complexity index is 489. The Morgan fingerprint density at radius 3 is 2.57 bits per heavy atom. The van der Waals surface area contributed by atoms with E-state index in [1.165, 1.54) is 0 Å². The number of carbonyl (C=O) groups excluding carboxylic acids is 1. The topological polar surface area (TPSA) is 55.3 Å². The summed E-state index contributed by atoms with van der Waals surface area (Å²) in [6.45, 7) is 3.24. The molecular weight excluding hydrogens is 280 g/mol. The van der Waals surface area contributed by atoms with Crippen LogP contribution in [-0.2, 0) is 4.74 Å². The van der Waals surface area contributed by atoms with Crippen molar-refractivity contribution in [3.63, 3.8) is 0 Å². The molecule has 1 aromatic rings. The average Bonchev–Trinajstić information content (AvgIpc) is 2.76. The van der Waals surface area contributed by atoms with Crippen LogP contribution in [0.15, 0.2) is 6.20 Å². The van der Waals surface area contributed by atoms with E-state index in [0.717, 1.165) is 45.0 Å². The first-order valence-corrected chi connectivity index (χ1v) is 7.20. The first kappa shape index (κ1) is 15.6. The van der Waals surface area contributed by atoms with Gasteiger partial charge in [-0.25, -0.2) is 23.5 Å². The fourth-order valence-electron chi connectivity index (χ4n) is 2.34. The second-order valence-electron chi connectivity index (χ2n) is 4.89. The van der Waals surface area contributed by atoms with Gasteiger partial charge in [-0.2, -0.15) is 0 Å². The molecule has 2 heterocycles. The normalized spacial score (nSPS) is 15.9. The van der Waals surface area contributed by atoms with E-state index >= 15 is 0 Å². The number of anilines is 1. The molecule has 1 aliphatic heterocycles. The Morgan fingerprint density at radius 1 is 1.33 bits per heavy atom. The van der Waals surface area contributed by atoms with E-state index in [1.54, 1.807) is 6.92 Å². The van der Waals surface area contributed by atoms with Gasteiger partial charge in [-0.1, -0.05) is 12.8 Å². The number of halogens is 2. The van der Waals surface area contributed by atoms with E-state index in [4.69, 9.17) is 4.74 Å². The van der Waals surface area contributed by atoms with Crippen molar-refractivity contribution in [2.75, 3.05) is 24.6 Å². The second-order valence-corrected chi connectivity index (χ2v) is 4.89. The van der Waals surface area contributed by atoms with Crippen LogP contribution in [0, 0.1) is 0 Å². The molecule has 1 aliphatic rings. The molecule has 1 fully saturated rings. The highest BCUT2D eigenvalue weighted by molar-refractivity contribution is 5.90. The predicted molar refractivity (Wildman–Crippen MR) is 73.6 cm³/mol. The van der Waals surface area contributed by atoms with Crippen molar-refractivity contribution in [1.82, 2.24) is 9.97 Å². The Labute approximate surface area is 122 Å². The Kier molecular flexibility index (Phi) is 5.41.